The second kappa shape index (κ2) is 6.28. The zero-order valence-corrected chi connectivity index (χ0v) is 10.2. The summed E-state index contributed by atoms with van der Waals surface area (Å²) in [4.78, 5) is 0. The van der Waals surface area contributed by atoms with Crippen LogP contribution in [0.15, 0.2) is 54.6 Å². The SMILES string of the molecule is Cl.NC(Cc1ccccc1)c1ccc(O)cc1. The molecule has 0 aromatic heterocycles. The normalized spacial score (nSPS) is 11.6. The first kappa shape index (κ1) is 13.6. The molecular weight excluding hydrogens is 234 g/mol. The lowest BCUT2D eigenvalue weighted by molar-refractivity contribution is 0.475. The van der Waals surface area contributed by atoms with Crippen LogP contribution in [0.2, 0.25) is 0 Å². The van der Waals surface area contributed by atoms with Crippen LogP contribution in [0.25, 0.3) is 0 Å². The average molecular weight is 250 g/mol. The van der Waals surface area contributed by atoms with E-state index in [-0.39, 0.29) is 24.2 Å². The van der Waals surface area contributed by atoms with Gasteiger partial charge in [0, 0.05) is 6.04 Å². The van der Waals surface area contributed by atoms with Gasteiger partial charge in [0.05, 0.1) is 0 Å². The summed E-state index contributed by atoms with van der Waals surface area (Å²) in [5, 5.41) is 9.19. The molecule has 2 aromatic rings. The van der Waals surface area contributed by atoms with Gasteiger partial charge >= 0.3 is 0 Å². The number of halogens is 1. The van der Waals surface area contributed by atoms with Gasteiger partial charge in [-0.2, -0.15) is 0 Å². The predicted molar refractivity (Wildman–Crippen MR) is 72.4 cm³/mol. The summed E-state index contributed by atoms with van der Waals surface area (Å²) in [5.41, 5.74) is 8.36. The van der Waals surface area contributed by atoms with E-state index in [0.29, 0.717) is 0 Å². The van der Waals surface area contributed by atoms with Crippen molar-refractivity contribution in [1.29, 1.82) is 0 Å². The molecule has 0 saturated heterocycles. The van der Waals surface area contributed by atoms with Crippen LogP contribution in [-0.4, -0.2) is 5.11 Å². The Kier molecular flexibility index (Phi) is 5.01. The summed E-state index contributed by atoms with van der Waals surface area (Å²) in [6.45, 7) is 0. The third-order valence-corrected chi connectivity index (χ3v) is 2.62. The number of hydrogen-bond donors (Lipinski definition) is 2. The molecule has 0 fully saturated rings. The van der Waals surface area contributed by atoms with Gasteiger partial charge in [-0.3, -0.25) is 0 Å². The summed E-state index contributed by atoms with van der Waals surface area (Å²) in [6.07, 6.45) is 0.811. The summed E-state index contributed by atoms with van der Waals surface area (Å²) >= 11 is 0. The van der Waals surface area contributed by atoms with Crippen LogP contribution >= 0.6 is 12.4 Å². The monoisotopic (exact) mass is 249 g/mol. The maximum atomic E-state index is 9.19. The molecule has 3 heteroatoms. The highest BCUT2D eigenvalue weighted by molar-refractivity contribution is 5.85. The van der Waals surface area contributed by atoms with E-state index in [0.717, 1.165) is 12.0 Å². The standard InChI is InChI=1S/C14H15NO.ClH/c15-14(10-11-4-2-1-3-5-11)12-6-8-13(16)9-7-12;/h1-9,14,16H,10,15H2;1H. The predicted octanol–water partition coefficient (Wildman–Crippen LogP) is 3.06. The van der Waals surface area contributed by atoms with Crippen molar-refractivity contribution in [2.45, 2.75) is 12.5 Å². The van der Waals surface area contributed by atoms with E-state index in [1.807, 2.05) is 30.3 Å². The fourth-order valence-electron chi connectivity index (χ4n) is 1.71. The van der Waals surface area contributed by atoms with Gasteiger partial charge in [0.25, 0.3) is 0 Å². The van der Waals surface area contributed by atoms with Crippen molar-refractivity contribution in [3.8, 4) is 5.75 Å². The molecular formula is C14H16ClNO. The fourth-order valence-corrected chi connectivity index (χ4v) is 1.71. The quantitative estimate of drug-likeness (QED) is 0.878. The summed E-state index contributed by atoms with van der Waals surface area (Å²) in [7, 11) is 0. The number of hydrogen-bond acceptors (Lipinski definition) is 2. The summed E-state index contributed by atoms with van der Waals surface area (Å²) < 4.78 is 0. The molecule has 0 bridgehead atoms. The van der Waals surface area contributed by atoms with Crippen LogP contribution in [0, 0.1) is 0 Å². The van der Waals surface area contributed by atoms with Crippen molar-refractivity contribution >= 4 is 12.4 Å². The van der Waals surface area contributed by atoms with Gasteiger partial charge in [0.2, 0.25) is 0 Å². The molecule has 0 aliphatic heterocycles. The molecule has 2 aromatic carbocycles. The molecule has 0 saturated carbocycles. The molecule has 2 rings (SSSR count). The summed E-state index contributed by atoms with van der Waals surface area (Å²) in [6, 6.07) is 17.2. The number of rotatable bonds is 3. The maximum absolute atomic E-state index is 9.19. The van der Waals surface area contributed by atoms with Crippen LogP contribution in [0.3, 0.4) is 0 Å². The molecule has 0 aliphatic rings. The second-order valence-corrected chi connectivity index (χ2v) is 3.89. The molecule has 2 nitrogen and oxygen atoms in total. The third-order valence-electron chi connectivity index (χ3n) is 2.62. The zero-order chi connectivity index (χ0) is 11.4. The number of phenols is 1. The number of nitrogens with two attached hydrogens (primary N) is 1. The molecule has 90 valence electrons. The van der Waals surface area contributed by atoms with Gasteiger partial charge in [-0.05, 0) is 29.7 Å². The van der Waals surface area contributed by atoms with Gasteiger partial charge in [-0.1, -0.05) is 42.5 Å². The molecule has 1 atom stereocenters. The highest BCUT2D eigenvalue weighted by Crippen LogP contribution is 2.18. The zero-order valence-electron chi connectivity index (χ0n) is 9.41. The second-order valence-electron chi connectivity index (χ2n) is 3.89. The Hall–Kier alpha value is -1.51. The summed E-state index contributed by atoms with van der Waals surface area (Å²) in [5.74, 6) is 0.274. The first-order chi connectivity index (χ1) is 7.75. The molecule has 0 radical (unpaired) electrons. The highest BCUT2D eigenvalue weighted by atomic mass is 35.5. The Labute approximate surface area is 108 Å². The van der Waals surface area contributed by atoms with Crippen LogP contribution in [0.5, 0.6) is 5.75 Å². The Morgan fingerprint density at radius 2 is 1.53 bits per heavy atom. The van der Waals surface area contributed by atoms with Gasteiger partial charge in [-0.15, -0.1) is 12.4 Å². The van der Waals surface area contributed by atoms with Crippen molar-refractivity contribution in [2.24, 2.45) is 5.73 Å². The first-order valence-corrected chi connectivity index (χ1v) is 5.34. The van der Waals surface area contributed by atoms with Crippen molar-refractivity contribution < 1.29 is 5.11 Å². The third kappa shape index (κ3) is 3.77. The lowest BCUT2D eigenvalue weighted by Gasteiger charge is -2.12. The van der Waals surface area contributed by atoms with Gasteiger partial charge in [0.1, 0.15) is 5.75 Å². The van der Waals surface area contributed by atoms with E-state index in [4.69, 9.17) is 5.73 Å². The average Bonchev–Trinajstić information content (AvgIpc) is 2.31. The largest absolute Gasteiger partial charge is 0.508 e. The van der Waals surface area contributed by atoms with Crippen molar-refractivity contribution in [3.05, 3.63) is 65.7 Å². The molecule has 0 heterocycles. The lowest BCUT2D eigenvalue weighted by atomic mass is 10.00. The number of benzene rings is 2. The van der Waals surface area contributed by atoms with Gasteiger partial charge in [0.15, 0.2) is 0 Å². The van der Waals surface area contributed by atoms with E-state index in [2.05, 4.69) is 12.1 Å². The smallest absolute Gasteiger partial charge is 0.115 e. The fraction of sp³-hybridized carbons (Fsp3) is 0.143. The maximum Gasteiger partial charge on any atom is 0.115 e. The molecule has 0 amide bonds. The Balaban J connectivity index is 0.00000144. The van der Waals surface area contributed by atoms with Crippen LogP contribution in [-0.2, 0) is 6.42 Å². The van der Waals surface area contributed by atoms with E-state index in [1.54, 1.807) is 12.1 Å². The number of aromatic hydroxyl groups is 1. The van der Waals surface area contributed by atoms with E-state index in [9.17, 15) is 5.11 Å². The molecule has 0 aliphatic carbocycles. The minimum absolute atomic E-state index is 0. The van der Waals surface area contributed by atoms with E-state index in [1.165, 1.54) is 5.56 Å². The highest BCUT2D eigenvalue weighted by Gasteiger charge is 2.06. The minimum Gasteiger partial charge on any atom is -0.508 e. The van der Waals surface area contributed by atoms with E-state index >= 15 is 0 Å². The first-order valence-electron chi connectivity index (χ1n) is 5.34. The lowest BCUT2D eigenvalue weighted by Crippen LogP contribution is -2.12. The van der Waals surface area contributed by atoms with Crippen molar-refractivity contribution in [3.63, 3.8) is 0 Å². The topological polar surface area (TPSA) is 46.2 Å². The van der Waals surface area contributed by atoms with Crippen LogP contribution in [0.1, 0.15) is 17.2 Å². The molecule has 0 spiro atoms. The Bertz CT molecular complexity index is 442. The Morgan fingerprint density at radius 1 is 0.941 bits per heavy atom. The van der Waals surface area contributed by atoms with Crippen molar-refractivity contribution in [1.82, 2.24) is 0 Å². The van der Waals surface area contributed by atoms with Gasteiger partial charge < -0.3 is 10.8 Å². The van der Waals surface area contributed by atoms with Crippen LogP contribution in [0.4, 0.5) is 0 Å². The molecule has 17 heavy (non-hydrogen) atoms. The number of phenolic OH excluding ortho intramolecular Hbond substituents is 1. The molecule has 1 unspecified atom stereocenters. The Morgan fingerprint density at radius 3 is 2.12 bits per heavy atom. The minimum atomic E-state index is -0.0250. The van der Waals surface area contributed by atoms with Gasteiger partial charge in [-0.25, -0.2) is 0 Å². The molecule has 3 N–H and O–H groups in total. The van der Waals surface area contributed by atoms with E-state index < -0.39 is 0 Å². The van der Waals surface area contributed by atoms with Crippen LogP contribution < -0.4 is 5.73 Å². The van der Waals surface area contributed by atoms with Crippen molar-refractivity contribution in [2.75, 3.05) is 0 Å².